The standard InChI is InChI=1S/C12H14ClN4P/c1-18(2)10-6-4-3-5-9(10)16-11-8(13)7-15-12(14)17-11/h3-7H,1-2H3,(H3,14,15,16,17). The number of anilines is 3. The molecule has 0 radical (unpaired) electrons. The van der Waals surface area contributed by atoms with Crippen molar-refractivity contribution in [3.63, 3.8) is 0 Å². The van der Waals surface area contributed by atoms with E-state index in [0.29, 0.717) is 10.8 Å². The fourth-order valence-electron chi connectivity index (χ4n) is 1.57. The number of hydrogen-bond donors (Lipinski definition) is 2. The van der Waals surface area contributed by atoms with Gasteiger partial charge < -0.3 is 11.1 Å². The third kappa shape index (κ3) is 2.89. The van der Waals surface area contributed by atoms with Crippen LogP contribution in [0.2, 0.25) is 5.02 Å². The van der Waals surface area contributed by atoms with Gasteiger partial charge in [-0.3, -0.25) is 0 Å². The summed E-state index contributed by atoms with van der Waals surface area (Å²) in [6.45, 7) is 4.40. The van der Waals surface area contributed by atoms with Crippen molar-refractivity contribution in [2.24, 2.45) is 0 Å². The van der Waals surface area contributed by atoms with Crippen LogP contribution in [0, 0.1) is 0 Å². The monoisotopic (exact) mass is 280 g/mol. The minimum absolute atomic E-state index is 0.203. The van der Waals surface area contributed by atoms with E-state index >= 15 is 0 Å². The van der Waals surface area contributed by atoms with E-state index in [0.717, 1.165) is 5.69 Å². The molecule has 2 rings (SSSR count). The molecular weight excluding hydrogens is 267 g/mol. The summed E-state index contributed by atoms with van der Waals surface area (Å²) in [7, 11) is -0.210. The molecule has 1 aromatic heterocycles. The van der Waals surface area contributed by atoms with Crippen LogP contribution in [0.25, 0.3) is 0 Å². The normalized spacial score (nSPS) is 10.7. The molecule has 0 saturated heterocycles. The molecule has 0 amide bonds. The molecule has 0 fully saturated rings. The van der Waals surface area contributed by atoms with Crippen molar-refractivity contribution in [2.45, 2.75) is 0 Å². The lowest BCUT2D eigenvalue weighted by Crippen LogP contribution is -2.08. The molecular formula is C12H14ClN4P. The number of para-hydroxylation sites is 1. The van der Waals surface area contributed by atoms with Gasteiger partial charge >= 0.3 is 0 Å². The highest BCUT2D eigenvalue weighted by molar-refractivity contribution is 7.64. The van der Waals surface area contributed by atoms with Crippen LogP contribution in [0.5, 0.6) is 0 Å². The van der Waals surface area contributed by atoms with E-state index in [-0.39, 0.29) is 13.9 Å². The highest BCUT2D eigenvalue weighted by Gasteiger charge is 2.09. The van der Waals surface area contributed by atoms with Crippen LogP contribution >= 0.6 is 19.5 Å². The summed E-state index contributed by atoms with van der Waals surface area (Å²) in [5, 5.41) is 4.93. The highest BCUT2D eigenvalue weighted by atomic mass is 35.5. The number of aromatic nitrogens is 2. The number of hydrogen-bond acceptors (Lipinski definition) is 4. The zero-order valence-corrected chi connectivity index (χ0v) is 11.8. The molecule has 1 aromatic carbocycles. The Morgan fingerprint density at radius 3 is 2.72 bits per heavy atom. The molecule has 0 aliphatic rings. The van der Waals surface area contributed by atoms with Gasteiger partial charge in [-0.1, -0.05) is 37.7 Å². The van der Waals surface area contributed by atoms with Gasteiger partial charge in [-0.2, -0.15) is 4.98 Å². The van der Waals surface area contributed by atoms with Crippen molar-refractivity contribution in [1.29, 1.82) is 0 Å². The molecule has 18 heavy (non-hydrogen) atoms. The van der Waals surface area contributed by atoms with Gasteiger partial charge in [0.05, 0.1) is 6.20 Å². The molecule has 0 unspecified atom stereocenters. The van der Waals surface area contributed by atoms with E-state index in [1.807, 2.05) is 18.2 Å². The van der Waals surface area contributed by atoms with Crippen LogP contribution < -0.4 is 16.4 Å². The second kappa shape index (κ2) is 5.51. The summed E-state index contributed by atoms with van der Waals surface area (Å²) in [6.07, 6.45) is 1.50. The van der Waals surface area contributed by atoms with Gasteiger partial charge in [-0.25, -0.2) is 4.98 Å². The Morgan fingerprint density at radius 1 is 1.28 bits per heavy atom. The van der Waals surface area contributed by atoms with Gasteiger partial charge in [0, 0.05) is 5.69 Å². The average molecular weight is 281 g/mol. The lowest BCUT2D eigenvalue weighted by Gasteiger charge is -2.14. The smallest absolute Gasteiger partial charge is 0.222 e. The minimum Gasteiger partial charge on any atom is -0.368 e. The van der Waals surface area contributed by atoms with Crippen LogP contribution in [0.15, 0.2) is 30.5 Å². The maximum Gasteiger partial charge on any atom is 0.222 e. The lowest BCUT2D eigenvalue weighted by molar-refractivity contribution is 1.19. The third-order valence-electron chi connectivity index (χ3n) is 2.40. The zero-order chi connectivity index (χ0) is 13.1. The molecule has 94 valence electrons. The van der Waals surface area contributed by atoms with E-state index in [1.165, 1.54) is 11.5 Å². The van der Waals surface area contributed by atoms with Crippen molar-refractivity contribution in [3.05, 3.63) is 35.5 Å². The second-order valence-electron chi connectivity index (χ2n) is 3.96. The first-order chi connectivity index (χ1) is 8.58. The van der Waals surface area contributed by atoms with E-state index in [2.05, 4.69) is 34.7 Å². The number of rotatable bonds is 3. The Kier molecular flexibility index (Phi) is 4.00. The summed E-state index contributed by atoms with van der Waals surface area (Å²) in [6, 6.07) is 8.11. The Hall–Kier alpha value is -1.38. The lowest BCUT2D eigenvalue weighted by atomic mass is 10.3. The van der Waals surface area contributed by atoms with Crippen molar-refractivity contribution < 1.29 is 0 Å². The van der Waals surface area contributed by atoms with Gasteiger partial charge in [0.25, 0.3) is 0 Å². The van der Waals surface area contributed by atoms with Gasteiger partial charge in [-0.05, 0) is 24.7 Å². The summed E-state index contributed by atoms with van der Waals surface area (Å²) in [5.74, 6) is 0.739. The molecule has 0 aliphatic carbocycles. The van der Waals surface area contributed by atoms with Gasteiger partial charge in [0.1, 0.15) is 5.02 Å². The summed E-state index contributed by atoms with van der Waals surface area (Å²) in [4.78, 5) is 7.94. The summed E-state index contributed by atoms with van der Waals surface area (Å²) in [5.41, 5.74) is 6.57. The molecule has 4 nitrogen and oxygen atoms in total. The molecule has 0 bridgehead atoms. The molecule has 0 saturated carbocycles. The van der Waals surface area contributed by atoms with Crippen molar-refractivity contribution in [2.75, 3.05) is 24.4 Å². The van der Waals surface area contributed by atoms with Gasteiger partial charge in [0.15, 0.2) is 5.82 Å². The molecule has 2 aromatic rings. The quantitative estimate of drug-likeness (QED) is 0.849. The van der Waals surface area contributed by atoms with Crippen LogP contribution in [-0.2, 0) is 0 Å². The Bertz CT molecular complexity index is 560. The first kappa shape index (κ1) is 13.1. The number of halogens is 1. The van der Waals surface area contributed by atoms with Crippen molar-refractivity contribution in [1.82, 2.24) is 9.97 Å². The van der Waals surface area contributed by atoms with Crippen LogP contribution in [-0.4, -0.2) is 23.3 Å². The van der Waals surface area contributed by atoms with Crippen LogP contribution in [0.4, 0.5) is 17.5 Å². The van der Waals surface area contributed by atoms with Crippen LogP contribution in [0.1, 0.15) is 0 Å². The molecule has 3 N–H and O–H groups in total. The Labute approximate surface area is 112 Å². The van der Waals surface area contributed by atoms with E-state index in [1.54, 1.807) is 0 Å². The Morgan fingerprint density at radius 2 is 2.00 bits per heavy atom. The Balaban J connectivity index is 2.37. The van der Waals surface area contributed by atoms with Crippen molar-refractivity contribution in [3.8, 4) is 0 Å². The first-order valence-corrected chi connectivity index (χ1v) is 8.00. The SMILES string of the molecule is CP(C)c1ccccc1Nc1nc(N)ncc1Cl. The number of benzene rings is 1. The van der Waals surface area contributed by atoms with E-state index in [4.69, 9.17) is 17.3 Å². The maximum atomic E-state index is 6.04. The van der Waals surface area contributed by atoms with Gasteiger partial charge in [0.2, 0.25) is 5.95 Å². The summed E-state index contributed by atoms with van der Waals surface area (Å²) >= 11 is 6.04. The van der Waals surface area contributed by atoms with Crippen molar-refractivity contribution >= 4 is 42.3 Å². The zero-order valence-electron chi connectivity index (χ0n) is 10.2. The van der Waals surface area contributed by atoms with E-state index < -0.39 is 0 Å². The summed E-state index contributed by atoms with van der Waals surface area (Å²) < 4.78 is 0. The molecule has 0 atom stereocenters. The fraction of sp³-hybridized carbons (Fsp3) is 0.167. The topological polar surface area (TPSA) is 63.8 Å². The second-order valence-corrected chi connectivity index (χ2v) is 6.64. The first-order valence-electron chi connectivity index (χ1n) is 5.39. The largest absolute Gasteiger partial charge is 0.368 e. The number of nitrogens with zero attached hydrogens (tertiary/aromatic N) is 2. The maximum absolute atomic E-state index is 6.04. The fourth-order valence-corrected chi connectivity index (χ4v) is 2.70. The molecule has 1 heterocycles. The minimum atomic E-state index is -0.210. The molecule has 0 spiro atoms. The van der Waals surface area contributed by atoms with Crippen LogP contribution in [0.3, 0.4) is 0 Å². The van der Waals surface area contributed by atoms with Gasteiger partial charge in [-0.15, -0.1) is 0 Å². The molecule has 0 aliphatic heterocycles. The number of nitrogens with one attached hydrogen (secondary N) is 1. The average Bonchev–Trinajstić information content (AvgIpc) is 2.34. The number of nitrogen functional groups attached to an aromatic ring is 1. The third-order valence-corrected chi connectivity index (χ3v) is 4.03. The molecule has 6 heteroatoms. The number of nitrogens with two attached hydrogens (primary N) is 1. The highest BCUT2D eigenvalue weighted by Crippen LogP contribution is 2.30. The predicted octanol–water partition coefficient (Wildman–Crippen LogP) is 2.82. The van der Waals surface area contributed by atoms with E-state index in [9.17, 15) is 0 Å². The predicted molar refractivity (Wildman–Crippen MR) is 79.6 cm³/mol.